The normalized spacial score (nSPS) is 10.6. The van der Waals surface area contributed by atoms with Crippen LogP contribution < -0.4 is 9.47 Å². The third-order valence-corrected chi connectivity index (χ3v) is 4.72. The highest BCUT2D eigenvalue weighted by molar-refractivity contribution is 7.15. The van der Waals surface area contributed by atoms with Crippen molar-refractivity contribution in [2.24, 2.45) is 0 Å². The summed E-state index contributed by atoms with van der Waals surface area (Å²) in [6.45, 7) is 2.44. The third-order valence-electron chi connectivity index (χ3n) is 3.66. The van der Waals surface area contributed by atoms with Gasteiger partial charge in [-0.1, -0.05) is 12.1 Å². The van der Waals surface area contributed by atoms with E-state index in [4.69, 9.17) is 14.5 Å². The van der Waals surface area contributed by atoms with Gasteiger partial charge in [0.15, 0.2) is 11.6 Å². The molecule has 0 fully saturated rings. The molecule has 0 spiro atoms. The first-order valence-corrected chi connectivity index (χ1v) is 8.47. The van der Waals surface area contributed by atoms with Gasteiger partial charge in [-0.2, -0.15) is 0 Å². The van der Waals surface area contributed by atoms with Crippen molar-refractivity contribution in [3.05, 3.63) is 64.9 Å². The van der Waals surface area contributed by atoms with Crippen molar-refractivity contribution in [2.75, 3.05) is 13.7 Å². The summed E-state index contributed by atoms with van der Waals surface area (Å²) in [7, 11) is 1.65. The van der Waals surface area contributed by atoms with E-state index >= 15 is 0 Å². The molecule has 0 amide bonds. The Morgan fingerprint density at radius 3 is 2.54 bits per heavy atom. The molecule has 0 bridgehead atoms. The minimum atomic E-state index is -0.341. The average molecular weight is 343 g/mol. The Bertz CT molecular complexity index is 814. The highest BCUT2D eigenvalue weighted by atomic mass is 32.1. The maximum absolute atomic E-state index is 13.5. The van der Waals surface area contributed by atoms with Crippen molar-refractivity contribution in [3.8, 4) is 22.1 Å². The van der Waals surface area contributed by atoms with Crippen LogP contribution in [0.3, 0.4) is 0 Å². The van der Waals surface area contributed by atoms with Crippen LogP contribution in [0, 0.1) is 12.7 Å². The zero-order chi connectivity index (χ0) is 16.9. The highest BCUT2D eigenvalue weighted by Gasteiger charge is 2.10. The molecule has 0 atom stereocenters. The summed E-state index contributed by atoms with van der Waals surface area (Å²) in [6.07, 6.45) is 0.646. The quantitative estimate of drug-likeness (QED) is 0.639. The minimum absolute atomic E-state index is 0.278. The first kappa shape index (κ1) is 16.5. The summed E-state index contributed by atoms with van der Waals surface area (Å²) in [5.74, 6) is 0.762. The Balaban J connectivity index is 1.66. The van der Waals surface area contributed by atoms with Gasteiger partial charge in [0.1, 0.15) is 10.8 Å². The fourth-order valence-electron chi connectivity index (χ4n) is 2.34. The number of benzene rings is 2. The number of aryl methyl sites for hydroxylation is 1. The second-order valence-corrected chi connectivity index (χ2v) is 6.48. The summed E-state index contributed by atoms with van der Waals surface area (Å²) in [6, 6.07) is 14.3. The number of halogens is 1. The molecule has 1 aromatic heterocycles. The lowest BCUT2D eigenvalue weighted by molar-refractivity contribution is 0.304. The standard InChI is InChI=1S/C19H18FNO2S/c1-13-17(11-12-23-18-6-4-3-5-16(18)20)21-19(24-13)14-7-9-15(22-2)10-8-14/h3-10H,11-12H2,1-2H3. The average Bonchev–Trinajstić information content (AvgIpc) is 2.98. The summed E-state index contributed by atoms with van der Waals surface area (Å²) in [4.78, 5) is 5.84. The molecule has 0 unspecified atom stereocenters. The number of aromatic nitrogens is 1. The van der Waals surface area contributed by atoms with Crippen molar-refractivity contribution >= 4 is 11.3 Å². The Morgan fingerprint density at radius 1 is 1.08 bits per heavy atom. The van der Waals surface area contributed by atoms with E-state index in [1.54, 1.807) is 36.6 Å². The molecule has 0 saturated heterocycles. The smallest absolute Gasteiger partial charge is 0.165 e. The number of hydrogen-bond acceptors (Lipinski definition) is 4. The van der Waals surface area contributed by atoms with Crippen molar-refractivity contribution in [3.63, 3.8) is 0 Å². The molecule has 2 aromatic carbocycles. The van der Waals surface area contributed by atoms with Gasteiger partial charge in [-0.25, -0.2) is 9.37 Å². The fraction of sp³-hybridized carbons (Fsp3) is 0.211. The predicted molar refractivity (Wildman–Crippen MR) is 94.4 cm³/mol. The molecule has 1 heterocycles. The lowest BCUT2D eigenvalue weighted by Crippen LogP contribution is -2.03. The van der Waals surface area contributed by atoms with Gasteiger partial charge in [-0.15, -0.1) is 11.3 Å². The number of methoxy groups -OCH3 is 1. The molecule has 0 aliphatic rings. The van der Waals surface area contributed by atoms with Crippen LogP contribution in [0.4, 0.5) is 4.39 Å². The zero-order valence-electron chi connectivity index (χ0n) is 13.6. The molecule has 24 heavy (non-hydrogen) atoms. The van der Waals surface area contributed by atoms with E-state index < -0.39 is 0 Å². The van der Waals surface area contributed by atoms with Gasteiger partial charge in [-0.05, 0) is 43.3 Å². The summed E-state index contributed by atoms with van der Waals surface area (Å²) >= 11 is 1.65. The molecular weight excluding hydrogens is 325 g/mol. The van der Waals surface area contributed by atoms with Crippen LogP contribution in [0.1, 0.15) is 10.6 Å². The fourth-order valence-corrected chi connectivity index (χ4v) is 3.30. The molecule has 0 radical (unpaired) electrons. The molecular formula is C19H18FNO2S. The molecule has 0 N–H and O–H groups in total. The molecule has 3 nitrogen and oxygen atoms in total. The predicted octanol–water partition coefficient (Wildman–Crippen LogP) is 4.89. The van der Waals surface area contributed by atoms with Crippen molar-refractivity contribution in [1.29, 1.82) is 0 Å². The monoisotopic (exact) mass is 343 g/mol. The van der Waals surface area contributed by atoms with Crippen LogP contribution in [0.15, 0.2) is 48.5 Å². The van der Waals surface area contributed by atoms with Crippen LogP contribution >= 0.6 is 11.3 Å². The van der Waals surface area contributed by atoms with Gasteiger partial charge in [-0.3, -0.25) is 0 Å². The van der Waals surface area contributed by atoms with Gasteiger partial charge >= 0.3 is 0 Å². The van der Waals surface area contributed by atoms with Gasteiger partial charge in [0.25, 0.3) is 0 Å². The summed E-state index contributed by atoms with van der Waals surface area (Å²) in [5, 5.41) is 0.969. The van der Waals surface area contributed by atoms with E-state index in [0.717, 1.165) is 26.9 Å². The maximum Gasteiger partial charge on any atom is 0.165 e. The number of thiazole rings is 1. The van der Waals surface area contributed by atoms with Crippen LogP contribution in [0.25, 0.3) is 10.6 Å². The number of ether oxygens (including phenoxy) is 2. The Hall–Kier alpha value is -2.40. The molecule has 0 saturated carbocycles. The van der Waals surface area contributed by atoms with Crippen LogP contribution in [-0.4, -0.2) is 18.7 Å². The summed E-state index contributed by atoms with van der Waals surface area (Å²) in [5.41, 5.74) is 2.05. The second-order valence-electron chi connectivity index (χ2n) is 5.28. The van der Waals surface area contributed by atoms with E-state index in [1.807, 2.05) is 31.2 Å². The Kier molecular flexibility index (Phi) is 5.11. The number of para-hydroxylation sites is 1. The third kappa shape index (κ3) is 3.74. The van der Waals surface area contributed by atoms with Crippen molar-refractivity contribution in [2.45, 2.75) is 13.3 Å². The topological polar surface area (TPSA) is 31.4 Å². The lowest BCUT2D eigenvalue weighted by atomic mass is 10.2. The van der Waals surface area contributed by atoms with Crippen molar-refractivity contribution in [1.82, 2.24) is 4.98 Å². The molecule has 3 aromatic rings. The van der Waals surface area contributed by atoms with Crippen LogP contribution in [-0.2, 0) is 6.42 Å². The minimum Gasteiger partial charge on any atom is -0.497 e. The number of hydrogen-bond donors (Lipinski definition) is 0. The largest absolute Gasteiger partial charge is 0.497 e. The van der Waals surface area contributed by atoms with Gasteiger partial charge in [0.2, 0.25) is 0 Å². The molecule has 3 rings (SSSR count). The molecule has 5 heteroatoms. The van der Waals surface area contributed by atoms with Crippen molar-refractivity contribution < 1.29 is 13.9 Å². The SMILES string of the molecule is COc1ccc(-c2nc(CCOc3ccccc3F)c(C)s2)cc1. The Morgan fingerprint density at radius 2 is 1.83 bits per heavy atom. The van der Waals surface area contributed by atoms with E-state index in [9.17, 15) is 4.39 Å². The first-order chi connectivity index (χ1) is 11.7. The second kappa shape index (κ2) is 7.45. The number of rotatable bonds is 6. The van der Waals surface area contributed by atoms with Crippen LogP contribution in [0.2, 0.25) is 0 Å². The van der Waals surface area contributed by atoms with Crippen LogP contribution in [0.5, 0.6) is 11.5 Å². The van der Waals surface area contributed by atoms with E-state index in [-0.39, 0.29) is 11.6 Å². The number of nitrogens with zero attached hydrogens (tertiary/aromatic N) is 1. The molecule has 0 aliphatic carbocycles. The Labute approximate surface area is 144 Å². The highest BCUT2D eigenvalue weighted by Crippen LogP contribution is 2.29. The van der Waals surface area contributed by atoms with Gasteiger partial charge in [0.05, 0.1) is 19.4 Å². The summed E-state index contributed by atoms with van der Waals surface area (Å²) < 4.78 is 24.2. The van der Waals surface area contributed by atoms with Gasteiger partial charge < -0.3 is 9.47 Å². The maximum atomic E-state index is 13.5. The zero-order valence-corrected chi connectivity index (χ0v) is 14.4. The first-order valence-electron chi connectivity index (χ1n) is 7.65. The van der Waals surface area contributed by atoms with E-state index in [2.05, 4.69) is 0 Å². The van der Waals surface area contributed by atoms with E-state index in [1.165, 1.54) is 6.07 Å². The van der Waals surface area contributed by atoms with E-state index in [0.29, 0.717) is 13.0 Å². The van der Waals surface area contributed by atoms with Gasteiger partial charge in [0, 0.05) is 16.9 Å². The molecule has 0 aliphatic heterocycles. The lowest BCUT2D eigenvalue weighted by Gasteiger charge is -2.06. The molecule has 124 valence electrons.